The van der Waals surface area contributed by atoms with Gasteiger partial charge in [-0.15, -0.1) is 0 Å². The largest absolute Gasteiger partial charge is 0.506 e. The summed E-state index contributed by atoms with van der Waals surface area (Å²) in [5, 5.41) is 19.5. The van der Waals surface area contributed by atoms with Crippen LogP contribution in [-0.2, 0) is 0 Å². The molecule has 0 unspecified atom stereocenters. The average molecular weight is 321 g/mol. The van der Waals surface area contributed by atoms with Gasteiger partial charge in [-0.25, -0.2) is 4.79 Å². The number of ether oxygens (including phenoxy) is 1. The Balaban J connectivity index is 1.98. The fourth-order valence-electron chi connectivity index (χ4n) is 2.32. The fourth-order valence-corrected chi connectivity index (χ4v) is 2.32. The summed E-state index contributed by atoms with van der Waals surface area (Å²) in [5.74, 6) is -0.703. The Morgan fingerprint density at radius 1 is 0.875 bits per heavy atom. The number of esters is 1. The number of anilines is 1. The van der Waals surface area contributed by atoms with Gasteiger partial charge in [-0.1, -0.05) is 36.4 Å². The lowest BCUT2D eigenvalue weighted by Gasteiger charge is -2.11. The van der Waals surface area contributed by atoms with Gasteiger partial charge in [0.2, 0.25) is 0 Å². The standard InChI is InChI=1S/C19H15NO4/c20-15-10-9-12(11-17(15)22)13-5-1-2-6-14(13)19(23)24-18-8-4-3-7-16(18)21/h1-11,21-22H,20H2. The molecule has 0 aliphatic heterocycles. The molecule has 0 amide bonds. The van der Waals surface area contributed by atoms with E-state index in [9.17, 15) is 15.0 Å². The smallest absolute Gasteiger partial charge is 0.344 e. The van der Waals surface area contributed by atoms with Crippen LogP contribution in [0.4, 0.5) is 5.69 Å². The molecule has 0 aromatic heterocycles. The lowest BCUT2D eigenvalue weighted by atomic mass is 9.99. The second-order valence-electron chi connectivity index (χ2n) is 5.18. The van der Waals surface area contributed by atoms with Crippen LogP contribution in [0.25, 0.3) is 11.1 Å². The summed E-state index contributed by atoms with van der Waals surface area (Å²) in [7, 11) is 0. The van der Waals surface area contributed by atoms with Gasteiger partial charge in [0.1, 0.15) is 5.75 Å². The van der Waals surface area contributed by atoms with Crippen LogP contribution >= 0.6 is 0 Å². The maximum atomic E-state index is 12.5. The number of phenols is 2. The molecule has 4 N–H and O–H groups in total. The van der Waals surface area contributed by atoms with E-state index in [0.717, 1.165) is 0 Å². The van der Waals surface area contributed by atoms with Gasteiger partial charge in [0.05, 0.1) is 11.3 Å². The molecule has 0 fully saturated rings. The molecular weight excluding hydrogens is 306 g/mol. The molecule has 0 spiro atoms. The summed E-state index contributed by atoms with van der Waals surface area (Å²) in [6, 6.07) is 17.8. The van der Waals surface area contributed by atoms with Crippen molar-refractivity contribution in [1.82, 2.24) is 0 Å². The summed E-state index contributed by atoms with van der Waals surface area (Å²) in [4.78, 5) is 12.5. The Morgan fingerprint density at radius 3 is 2.33 bits per heavy atom. The first-order chi connectivity index (χ1) is 11.6. The molecule has 0 heterocycles. The second-order valence-corrected chi connectivity index (χ2v) is 5.18. The van der Waals surface area contributed by atoms with Crippen molar-refractivity contribution in [2.24, 2.45) is 0 Å². The molecule has 5 heteroatoms. The number of carbonyl (C=O) groups excluding carboxylic acids is 1. The third-order valence-corrected chi connectivity index (χ3v) is 3.56. The number of aromatic hydroxyl groups is 2. The van der Waals surface area contributed by atoms with E-state index in [1.165, 1.54) is 18.2 Å². The zero-order valence-electron chi connectivity index (χ0n) is 12.6. The minimum Gasteiger partial charge on any atom is -0.506 e. The van der Waals surface area contributed by atoms with Crippen molar-refractivity contribution in [1.29, 1.82) is 0 Å². The number of nitrogens with two attached hydrogens (primary N) is 1. The zero-order chi connectivity index (χ0) is 17.1. The SMILES string of the molecule is Nc1ccc(-c2ccccc2C(=O)Oc2ccccc2O)cc1O. The van der Waals surface area contributed by atoms with Crippen LogP contribution in [0.5, 0.6) is 17.2 Å². The maximum Gasteiger partial charge on any atom is 0.344 e. The van der Waals surface area contributed by atoms with E-state index in [4.69, 9.17) is 10.5 Å². The number of benzene rings is 3. The van der Waals surface area contributed by atoms with Gasteiger partial charge in [-0.05, 0) is 41.5 Å². The van der Waals surface area contributed by atoms with E-state index in [-0.39, 0.29) is 22.9 Å². The van der Waals surface area contributed by atoms with Gasteiger partial charge in [-0.2, -0.15) is 0 Å². The van der Waals surface area contributed by atoms with Crippen LogP contribution in [0.15, 0.2) is 66.7 Å². The number of hydrogen-bond acceptors (Lipinski definition) is 5. The van der Waals surface area contributed by atoms with Gasteiger partial charge >= 0.3 is 5.97 Å². The average Bonchev–Trinajstić information content (AvgIpc) is 2.59. The van der Waals surface area contributed by atoms with Gasteiger partial charge in [0, 0.05) is 0 Å². The zero-order valence-corrected chi connectivity index (χ0v) is 12.6. The molecule has 0 saturated carbocycles. The van der Waals surface area contributed by atoms with Crippen LogP contribution in [0.1, 0.15) is 10.4 Å². The molecule has 0 aliphatic carbocycles. The first-order valence-electron chi connectivity index (χ1n) is 7.24. The highest BCUT2D eigenvalue weighted by Gasteiger charge is 2.16. The molecule has 3 rings (SSSR count). The molecule has 0 aliphatic rings. The number of rotatable bonds is 3. The minimum atomic E-state index is -0.608. The van der Waals surface area contributed by atoms with Crippen LogP contribution in [0, 0.1) is 0 Å². The Labute approximate surface area is 138 Å². The van der Waals surface area contributed by atoms with Crippen molar-refractivity contribution < 1.29 is 19.7 Å². The summed E-state index contributed by atoms with van der Waals surface area (Å²) < 4.78 is 5.27. The third-order valence-electron chi connectivity index (χ3n) is 3.56. The van der Waals surface area contributed by atoms with E-state index in [1.54, 1.807) is 48.5 Å². The summed E-state index contributed by atoms with van der Waals surface area (Å²) >= 11 is 0. The molecule has 3 aromatic carbocycles. The van der Waals surface area contributed by atoms with E-state index >= 15 is 0 Å². The van der Waals surface area contributed by atoms with Crippen molar-refractivity contribution in [2.75, 3.05) is 5.73 Å². The Morgan fingerprint density at radius 2 is 1.58 bits per heavy atom. The third kappa shape index (κ3) is 3.01. The molecule has 0 atom stereocenters. The first-order valence-corrected chi connectivity index (χ1v) is 7.24. The lowest BCUT2D eigenvalue weighted by molar-refractivity contribution is 0.0730. The Kier molecular flexibility index (Phi) is 4.07. The first kappa shape index (κ1) is 15.4. The molecule has 120 valence electrons. The summed E-state index contributed by atoms with van der Waals surface area (Å²) in [6.07, 6.45) is 0. The Bertz CT molecular complexity index is 905. The van der Waals surface area contributed by atoms with E-state index in [2.05, 4.69) is 0 Å². The van der Waals surface area contributed by atoms with Gasteiger partial charge in [-0.3, -0.25) is 0 Å². The molecule has 5 nitrogen and oxygen atoms in total. The van der Waals surface area contributed by atoms with Gasteiger partial charge < -0.3 is 20.7 Å². The predicted molar refractivity (Wildman–Crippen MR) is 91.0 cm³/mol. The molecule has 0 saturated heterocycles. The molecule has 0 radical (unpaired) electrons. The normalized spacial score (nSPS) is 10.3. The number of nitrogen functional groups attached to an aromatic ring is 1. The number of phenolic OH excluding ortho intramolecular Hbond substituents is 2. The fraction of sp³-hybridized carbons (Fsp3) is 0. The van der Waals surface area contributed by atoms with Crippen molar-refractivity contribution in [3.63, 3.8) is 0 Å². The number of carbonyl (C=O) groups is 1. The van der Waals surface area contributed by atoms with Crippen LogP contribution in [-0.4, -0.2) is 16.2 Å². The molecular formula is C19H15NO4. The summed E-state index contributed by atoms with van der Waals surface area (Å²) in [5.41, 5.74) is 7.40. The van der Waals surface area contributed by atoms with Crippen molar-refractivity contribution in [3.8, 4) is 28.4 Å². The molecule has 0 bridgehead atoms. The molecule has 24 heavy (non-hydrogen) atoms. The maximum absolute atomic E-state index is 12.5. The minimum absolute atomic E-state index is 0.0589. The highest BCUT2D eigenvalue weighted by atomic mass is 16.5. The van der Waals surface area contributed by atoms with E-state index in [0.29, 0.717) is 16.7 Å². The van der Waals surface area contributed by atoms with Gasteiger partial charge in [0.25, 0.3) is 0 Å². The number of hydrogen-bond donors (Lipinski definition) is 3. The monoisotopic (exact) mass is 321 g/mol. The van der Waals surface area contributed by atoms with Crippen molar-refractivity contribution >= 4 is 11.7 Å². The van der Waals surface area contributed by atoms with E-state index < -0.39 is 5.97 Å². The predicted octanol–water partition coefficient (Wildman–Crippen LogP) is 3.57. The quantitative estimate of drug-likeness (QED) is 0.297. The van der Waals surface area contributed by atoms with Crippen LogP contribution < -0.4 is 10.5 Å². The number of para-hydroxylation sites is 2. The van der Waals surface area contributed by atoms with Gasteiger partial charge in [0.15, 0.2) is 11.5 Å². The topological polar surface area (TPSA) is 92.8 Å². The van der Waals surface area contributed by atoms with Crippen molar-refractivity contribution in [3.05, 3.63) is 72.3 Å². The summed E-state index contributed by atoms with van der Waals surface area (Å²) in [6.45, 7) is 0. The van der Waals surface area contributed by atoms with E-state index in [1.807, 2.05) is 0 Å². The van der Waals surface area contributed by atoms with Crippen LogP contribution in [0.3, 0.4) is 0 Å². The van der Waals surface area contributed by atoms with Crippen LogP contribution in [0.2, 0.25) is 0 Å². The Hall–Kier alpha value is -3.47. The second kappa shape index (κ2) is 6.34. The molecule has 3 aromatic rings. The van der Waals surface area contributed by atoms with Crippen molar-refractivity contribution in [2.45, 2.75) is 0 Å². The lowest BCUT2D eigenvalue weighted by Crippen LogP contribution is -2.10. The highest BCUT2D eigenvalue weighted by Crippen LogP contribution is 2.31. The highest BCUT2D eigenvalue weighted by molar-refractivity contribution is 5.98.